The summed E-state index contributed by atoms with van der Waals surface area (Å²) in [6.45, 7) is 1.49. The largest absolute Gasteiger partial charge is 0.589 e. The van der Waals surface area contributed by atoms with Crippen molar-refractivity contribution in [2.45, 2.75) is 56.3 Å². The molecular weight excluding hydrogens is 728 g/mol. The van der Waals surface area contributed by atoms with Crippen LogP contribution >= 0.6 is 10.8 Å². The maximum absolute atomic E-state index is 14.1. The van der Waals surface area contributed by atoms with E-state index in [0.29, 0.717) is 10.1 Å². The molecule has 278 valence electrons. The maximum Gasteiger partial charge on any atom is 0.491 e. The van der Waals surface area contributed by atoms with Gasteiger partial charge in [0, 0.05) is 12.2 Å². The Bertz CT molecular complexity index is 2040. The van der Waals surface area contributed by atoms with Crippen molar-refractivity contribution in [3.05, 3.63) is 117 Å². The van der Waals surface area contributed by atoms with Gasteiger partial charge in [-0.2, -0.15) is 13.2 Å². The van der Waals surface area contributed by atoms with Crippen molar-refractivity contribution in [1.82, 2.24) is 20.2 Å². The molecule has 52 heavy (non-hydrogen) atoms. The van der Waals surface area contributed by atoms with Crippen LogP contribution in [0.4, 0.5) is 18.9 Å². The molecule has 14 nitrogen and oxygen atoms in total. The van der Waals surface area contributed by atoms with Gasteiger partial charge in [-0.05, 0) is 66.6 Å². The lowest BCUT2D eigenvalue weighted by atomic mass is 9.96. The van der Waals surface area contributed by atoms with E-state index >= 15 is 0 Å². The molecule has 0 aliphatic carbocycles. The number of guanidine groups is 1. The van der Waals surface area contributed by atoms with Crippen LogP contribution in [0.3, 0.4) is 0 Å². The van der Waals surface area contributed by atoms with Crippen molar-refractivity contribution in [3.8, 4) is 0 Å². The highest BCUT2D eigenvalue weighted by atomic mass is 32.2. The number of anilines is 1. The highest BCUT2D eigenvalue weighted by Gasteiger charge is 2.46. The molecule has 0 saturated carbocycles. The topological polar surface area (TPSA) is 221 Å². The molecule has 0 saturated heterocycles. The van der Waals surface area contributed by atoms with Gasteiger partial charge in [-0.15, -0.1) is 0 Å². The number of rotatable bonds is 16. The number of aryl methyl sites for hydroxylation is 2. The van der Waals surface area contributed by atoms with Crippen molar-refractivity contribution in [2.24, 2.45) is 5.73 Å². The molecule has 2 aromatic heterocycles. The number of nitrogens with zero attached hydrogens (tertiary/aromatic N) is 2. The van der Waals surface area contributed by atoms with Crippen LogP contribution in [0.2, 0.25) is 0 Å². The van der Waals surface area contributed by atoms with Gasteiger partial charge >= 0.3 is 12.1 Å². The minimum atomic E-state index is -5.61. The molecule has 6 N–H and O–H groups in total. The molecule has 2 heterocycles. The van der Waals surface area contributed by atoms with Crippen LogP contribution in [0.25, 0.3) is 0 Å². The lowest BCUT2D eigenvalue weighted by Crippen LogP contribution is -2.50. The molecule has 4 rings (SSSR count). The van der Waals surface area contributed by atoms with Crippen LogP contribution in [-0.2, 0) is 48.5 Å². The lowest BCUT2D eigenvalue weighted by molar-refractivity contribution is -0.210. The van der Waals surface area contributed by atoms with Gasteiger partial charge < -0.3 is 25.7 Å². The molecule has 0 spiro atoms. The number of hydrogen-bond donors (Lipinski definition) is 5. The summed E-state index contributed by atoms with van der Waals surface area (Å²) in [5, 5.41) is 13.5. The molecule has 0 aliphatic rings. The Hall–Kier alpha value is -5.27. The fourth-order valence-corrected chi connectivity index (χ4v) is 7.55. The molecule has 3 atom stereocenters. The molecule has 1 amide bonds. The standard InChI is InChI=1S/C33H36F3N7O7S2/c1-32(17-8-18-40-31(37)38,29-39-19-20-51(29)47)41-26(44)28(50-30(46)33(34,35)36)43-24(14-13-22-9-4-2-5-10-22)15-16-25(27(43)45)42-52(48,49)21-23-11-6-3-7-12-23/h2-7,9-12,15-16,19-20,28,42H,8,13-14,17-18,21H2,1H3,(H,41,44)(H4,37,38,40)/t28?,32-,51?/m0/s1. The number of thiazole rings is 1. The first-order chi connectivity index (χ1) is 24.5. The van der Waals surface area contributed by atoms with Crippen molar-refractivity contribution >= 4 is 44.3 Å². The summed E-state index contributed by atoms with van der Waals surface area (Å²) in [5.74, 6) is -5.16. The first-order valence-corrected chi connectivity index (χ1v) is 18.5. The van der Waals surface area contributed by atoms with Gasteiger partial charge in [-0.25, -0.2) is 18.2 Å². The number of aromatic nitrogens is 2. The number of sulfonamides is 1. The highest BCUT2D eigenvalue weighted by molar-refractivity contribution is 7.91. The third-order valence-electron chi connectivity index (χ3n) is 7.69. The number of pyridine rings is 1. The average Bonchev–Trinajstić information content (AvgIpc) is 3.52. The minimum absolute atomic E-state index is 0.0553. The van der Waals surface area contributed by atoms with E-state index in [1.807, 2.05) is 0 Å². The number of amides is 1. The molecule has 4 aromatic rings. The van der Waals surface area contributed by atoms with E-state index in [1.165, 1.54) is 36.7 Å². The van der Waals surface area contributed by atoms with Gasteiger partial charge in [0.1, 0.15) is 11.2 Å². The van der Waals surface area contributed by atoms with Gasteiger partial charge in [0.15, 0.2) is 11.3 Å². The van der Waals surface area contributed by atoms with E-state index in [4.69, 9.17) is 15.9 Å². The second-order valence-corrected chi connectivity index (χ2v) is 14.8. The Morgan fingerprint density at radius 1 is 1.04 bits per heavy atom. The van der Waals surface area contributed by atoms with Crippen molar-refractivity contribution in [1.29, 1.82) is 5.41 Å². The number of carbonyl (C=O) groups excluding carboxylic acids is 2. The molecule has 2 aromatic carbocycles. The average molecular weight is 764 g/mol. The van der Waals surface area contributed by atoms with Gasteiger partial charge in [0.25, 0.3) is 22.7 Å². The SMILES string of the molecule is C[C@@](CCCNC(=N)N)(NC(=O)C(OC(=O)C(F)(F)F)n1c(CCc2ccccc2)ccc(NS(=O)(=O)Cc2ccccc2)c1=O)c1ncc[s+]1[O-]. The maximum atomic E-state index is 14.1. The zero-order valence-corrected chi connectivity index (χ0v) is 29.3. The molecule has 0 fully saturated rings. The second kappa shape index (κ2) is 16.8. The molecule has 0 bridgehead atoms. The van der Waals surface area contributed by atoms with E-state index < -0.39 is 67.6 Å². The number of ether oxygens (including phenoxy) is 1. The smallest absolute Gasteiger partial charge is 0.491 e. The fraction of sp³-hybridized carbons (Fsp3) is 0.303. The van der Waals surface area contributed by atoms with Crippen LogP contribution in [0.1, 0.15) is 47.8 Å². The molecule has 0 radical (unpaired) electrons. The van der Waals surface area contributed by atoms with Gasteiger partial charge in [-0.3, -0.25) is 24.3 Å². The minimum Gasteiger partial charge on any atom is -0.589 e. The number of halogens is 3. The predicted octanol–water partition coefficient (Wildman–Crippen LogP) is 3.60. The summed E-state index contributed by atoms with van der Waals surface area (Å²) >= 11 is 0. The van der Waals surface area contributed by atoms with E-state index in [9.17, 15) is 40.5 Å². The third kappa shape index (κ3) is 10.6. The van der Waals surface area contributed by atoms with Gasteiger partial charge in [0.2, 0.25) is 10.0 Å². The second-order valence-electron chi connectivity index (χ2n) is 11.8. The lowest BCUT2D eigenvalue weighted by Gasteiger charge is -2.30. The van der Waals surface area contributed by atoms with Crippen LogP contribution in [-0.4, -0.2) is 53.1 Å². The van der Waals surface area contributed by atoms with Gasteiger partial charge in [-0.1, -0.05) is 60.7 Å². The molecular formula is C33H36F3N7O7S2. The summed E-state index contributed by atoms with van der Waals surface area (Å²) in [6.07, 6.45) is -6.78. The van der Waals surface area contributed by atoms with E-state index in [2.05, 4.69) is 20.3 Å². The first kappa shape index (κ1) is 39.5. The van der Waals surface area contributed by atoms with Crippen LogP contribution < -0.4 is 26.6 Å². The quantitative estimate of drug-likeness (QED) is 0.0367. The van der Waals surface area contributed by atoms with Crippen LogP contribution in [0, 0.1) is 5.41 Å². The van der Waals surface area contributed by atoms with E-state index in [-0.39, 0.29) is 48.9 Å². The first-order valence-electron chi connectivity index (χ1n) is 15.6. The zero-order chi connectivity index (χ0) is 38.1. The zero-order valence-electron chi connectivity index (χ0n) is 27.7. The fourth-order valence-electron chi connectivity index (χ4n) is 5.29. The van der Waals surface area contributed by atoms with Crippen molar-refractivity contribution in [3.63, 3.8) is 0 Å². The van der Waals surface area contributed by atoms with Crippen LogP contribution in [0.5, 0.6) is 0 Å². The molecule has 2 unspecified atom stereocenters. The Balaban J connectivity index is 1.82. The highest BCUT2D eigenvalue weighted by Crippen LogP contribution is 2.34. The number of alkyl halides is 3. The monoisotopic (exact) mass is 763 g/mol. The summed E-state index contributed by atoms with van der Waals surface area (Å²) in [7, 11) is -6.16. The van der Waals surface area contributed by atoms with Gasteiger partial charge in [0.05, 0.1) is 11.9 Å². The summed E-state index contributed by atoms with van der Waals surface area (Å²) in [6, 6.07) is 19.0. The van der Waals surface area contributed by atoms with Crippen LogP contribution in [0.15, 0.2) is 89.2 Å². The predicted molar refractivity (Wildman–Crippen MR) is 186 cm³/mol. The van der Waals surface area contributed by atoms with Crippen molar-refractivity contribution in [2.75, 3.05) is 11.3 Å². The summed E-state index contributed by atoms with van der Waals surface area (Å²) < 4.78 is 87.5. The Morgan fingerprint density at radius 2 is 1.67 bits per heavy atom. The van der Waals surface area contributed by atoms with E-state index in [0.717, 1.165) is 11.6 Å². The van der Waals surface area contributed by atoms with Crippen molar-refractivity contribution < 1.29 is 40.5 Å². The molecule has 19 heteroatoms. The number of esters is 1. The number of hydrogen-bond acceptors (Lipinski definition) is 9. The molecule has 0 aliphatic heterocycles. The number of benzene rings is 2. The van der Waals surface area contributed by atoms with E-state index in [1.54, 1.807) is 48.5 Å². The Morgan fingerprint density at radius 3 is 2.25 bits per heavy atom. The number of nitrogens with one attached hydrogen (secondary N) is 4. The Kier molecular flexibility index (Phi) is 12.8. The Labute approximate surface area is 299 Å². The third-order valence-corrected chi connectivity index (χ3v) is 10.2. The normalized spacial score (nSPS) is 13.8. The summed E-state index contributed by atoms with van der Waals surface area (Å²) in [5.41, 5.74) is 2.80. The number of nitrogens with two attached hydrogens (primary N) is 1. The number of carbonyl (C=O) groups is 2. The summed E-state index contributed by atoms with van der Waals surface area (Å²) in [4.78, 5) is 44.7.